The molecule has 0 bridgehead atoms. The van der Waals surface area contributed by atoms with Gasteiger partial charge in [-0.3, -0.25) is 4.79 Å². The number of carbonyl (C=O) groups excluding carboxylic acids is 1. The number of aromatic nitrogens is 2. The largest absolute Gasteiger partial charge is 0.796 e. The molecule has 0 amide bonds. The Morgan fingerprint density at radius 2 is 1.21 bits per heavy atom. The highest BCUT2D eigenvalue weighted by Gasteiger charge is 2.27. The summed E-state index contributed by atoms with van der Waals surface area (Å²) in [6.07, 6.45) is 1.14. The molecular weight excluding hydrogens is 433 g/mol. The highest BCUT2D eigenvalue weighted by Crippen LogP contribution is 2.36. The van der Waals surface area contributed by atoms with E-state index in [1.165, 1.54) is 0 Å². The zero-order chi connectivity index (χ0) is 24.4. The lowest BCUT2D eigenvalue weighted by Gasteiger charge is -2.11. The quantitative estimate of drug-likeness (QED) is 0.135. The molecule has 0 aliphatic rings. The summed E-state index contributed by atoms with van der Waals surface area (Å²) < 4.78 is 31.9. The third-order valence-electron chi connectivity index (χ3n) is 6.10. The van der Waals surface area contributed by atoms with Crippen LogP contribution in [0.3, 0.4) is 0 Å². The molecule has 0 radical (unpaired) electrons. The fourth-order valence-corrected chi connectivity index (χ4v) is 4.19. The Balaban J connectivity index is 1.87. The number of aromatic amines is 2. The van der Waals surface area contributed by atoms with E-state index in [2.05, 4.69) is 9.97 Å². The van der Waals surface area contributed by atoms with Crippen LogP contribution in [0, 0.1) is 27.7 Å². The van der Waals surface area contributed by atoms with Gasteiger partial charge >= 0.3 is 7.47 Å². The summed E-state index contributed by atoms with van der Waals surface area (Å²) in [7, 11) is -3.09. The second-order valence-corrected chi connectivity index (χ2v) is 8.23. The van der Waals surface area contributed by atoms with Gasteiger partial charge in [-0.25, -0.2) is 8.63 Å². The molecule has 7 heteroatoms. The summed E-state index contributed by atoms with van der Waals surface area (Å²) >= 11 is 0. The lowest BCUT2D eigenvalue weighted by Crippen LogP contribution is -2.08. The average molecular weight is 458 g/mol. The number of rotatable bonds is 7. The number of benzene rings is 2. The van der Waals surface area contributed by atoms with Gasteiger partial charge in [-0.2, -0.15) is 0 Å². The third kappa shape index (κ3) is 4.46. The minimum Gasteiger partial charge on any atom is -0.503 e. The number of hydrogen-bond acceptors (Lipinski definition) is 2. The van der Waals surface area contributed by atoms with Crippen molar-refractivity contribution in [1.29, 1.82) is 0 Å². The zero-order valence-corrected chi connectivity index (χ0v) is 19.5. The lowest BCUT2D eigenvalue weighted by molar-refractivity contribution is 0.104. The molecule has 2 heterocycles. The molecule has 0 aliphatic carbocycles. The molecule has 34 heavy (non-hydrogen) atoms. The Hall–Kier alpha value is -3.87. The summed E-state index contributed by atoms with van der Waals surface area (Å²) in [5.74, 6) is -0.659. The van der Waals surface area contributed by atoms with Crippen LogP contribution < -0.4 is 0 Å². The molecule has 4 nitrogen and oxygen atoms in total. The van der Waals surface area contributed by atoms with Crippen LogP contribution in [0.25, 0.3) is 28.0 Å². The molecule has 172 valence electrons. The van der Waals surface area contributed by atoms with Crippen LogP contribution >= 0.6 is 0 Å². The van der Waals surface area contributed by atoms with Gasteiger partial charge in [-0.15, -0.1) is 0 Å². The van der Waals surface area contributed by atoms with Gasteiger partial charge in [0.2, 0.25) is 5.78 Å². The van der Waals surface area contributed by atoms with E-state index in [-0.39, 0.29) is 5.76 Å². The number of H-pyrrole nitrogens is 2. The van der Waals surface area contributed by atoms with E-state index in [0.29, 0.717) is 11.4 Å². The second-order valence-electron chi connectivity index (χ2n) is 8.23. The first-order chi connectivity index (χ1) is 16.3. The predicted molar refractivity (Wildman–Crippen MR) is 133 cm³/mol. The maximum Gasteiger partial charge on any atom is 0.796 e. The second kappa shape index (κ2) is 9.55. The van der Waals surface area contributed by atoms with Crippen LogP contribution in [0.2, 0.25) is 0 Å². The maximum absolute atomic E-state index is 13.5. The van der Waals surface area contributed by atoms with Crippen LogP contribution in [0.1, 0.15) is 38.7 Å². The summed E-state index contributed by atoms with van der Waals surface area (Å²) in [6, 6.07) is 18.9. The van der Waals surface area contributed by atoms with E-state index in [4.69, 9.17) is 4.65 Å². The van der Waals surface area contributed by atoms with Crippen molar-refractivity contribution in [3.8, 4) is 22.3 Å². The molecule has 0 fully saturated rings. The van der Waals surface area contributed by atoms with Crippen molar-refractivity contribution >= 4 is 19.0 Å². The van der Waals surface area contributed by atoms with Crippen LogP contribution in [-0.4, -0.2) is 23.2 Å². The van der Waals surface area contributed by atoms with Gasteiger partial charge in [0.05, 0.1) is 11.4 Å². The Labute approximate surface area is 197 Å². The summed E-state index contributed by atoms with van der Waals surface area (Å²) in [4.78, 5) is 19.7. The molecule has 0 atom stereocenters. The Kier molecular flexibility index (Phi) is 6.55. The Morgan fingerprint density at radius 1 is 0.765 bits per heavy atom. The Morgan fingerprint density at radius 3 is 1.68 bits per heavy atom. The predicted octanol–water partition coefficient (Wildman–Crippen LogP) is 7.07. The van der Waals surface area contributed by atoms with Crippen molar-refractivity contribution in [3.05, 3.63) is 101 Å². The normalized spacial score (nSPS) is 11.5. The number of halogens is 2. The van der Waals surface area contributed by atoms with E-state index >= 15 is 0 Å². The van der Waals surface area contributed by atoms with Crippen molar-refractivity contribution < 1.29 is 18.1 Å². The number of allylic oxidation sites excluding steroid dienone is 1. The maximum atomic E-state index is 13.5. The molecule has 4 aromatic rings. The van der Waals surface area contributed by atoms with Crippen molar-refractivity contribution in [3.63, 3.8) is 0 Å². The third-order valence-corrected chi connectivity index (χ3v) is 6.10. The van der Waals surface area contributed by atoms with E-state index in [1.807, 2.05) is 88.4 Å². The first-order valence-electron chi connectivity index (χ1n) is 11.0. The fraction of sp³-hybridized carbons (Fsp3) is 0.148. The summed E-state index contributed by atoms with van der Waals surface area (Å²) in [5, 5.41) is 0. The van der Waals surface area contributed by atoms with Crippen molar-refractivity contribution in [1.82, 2.24) is 9.97 Å². The van der Waals surface area contributed by atoms with E-state index in [9.17, 15) is 13.4 Å². The number of nitrogens with one attached hydrogen (secondary N) is 2. The van der Waals surface area contributed by atoms with Gasteiger partial charge in [0.1, 0.15) is 5.76 Å². The number of carbonyl (C=O) groups is 1. The number of ketones is 1. The fourth-order valence-electron chi connectivity index (χ4n) is 4.19. The zero-order valence-electron chi connectivity index (χ0n) is 19.5. The first-order valence-corrected chi connectivity index (χ1v) is 11.0. The highest BCUT2D eigenvalue weighted by molar-refractivity contribution is 6.36. The van der Waals surface area contributed by atoms with E-state index < -0.39 is 13.3 Å². The average Bonchev–Trinajstić information content (AvgIpc) is 3.29. The summed E-state index contributed by atoms with van der Waals surface area (Å²) in [5.41, 5.74) is 7.32. The van der Waals surface area contributed by atoms with Gasteiger partial charge in [0, 0.05) is 28.6 Å². The molecule has 2 aromatic heterocycles. The molecule has 0 spiro atoms. The minimum atomic E-state index is -3.09. The molecular formula is C27H25BF2N2O2. The van der Waals surface area contributed by atoms with Crippen molar-refractivity contribution in [2.24, 2.45) is 0 Å². The van der Waals surface area contributed by atoms with Gasteiger partial charge in [-0.1, -0.05) is 60.7 Å². The first kappa shape index (κ1) is 23.3. The highest BCUT2D eigenvalue weighted by atomic mass is 19.2. The van der Waals surface area contributed by atoms with Crippen molar-refractivity contribution in [2.75, 3.05) is 0 Å². The van der Waals surface area contributed by atoms with Crippen LogP contribution in [0.5, 0.6) is 0 Å². The van der Waals surface area contributed by atoms with Gasteiger partial charge in [-0.05, 0) is 49.9 Å². The minimum absolute atomic E-state index is 0.209. The number of hydrogen-bond donors (Lipinski definition) is 2. The topological polar surface area (TPSA) is 57.9 Å². The van der Waals surface area contributed by atoms with Gasteiger partial charge in [0.15, 0.2) is 0 Å². The molecule has 2 N–H and O–H groups in total. The van der Waals surface area contributed by atoms with Crippen LogP contribution in [-0.2, 0) is 4.65 Å². The van der Waals surface area contributed by atoms with Crippen LogP contribution in [0.4, 0.5) is 8.63 Å². The Bertz CT molecular complexity index is 1360. The van der Waals surface area contributed by atoms with Crippen LogP contribution in [0.15, 0.2) is 66.7 Å². The van der Waals surface area contributed by atoms with E-state index in [1.54, 1.807) is 0 Å². The van der Waals surface area contributed by atoms with Crippen molar-refractivity contribution in [2.45, 2.75) is 27.7 Å². The lowest BCUT2D eigenvalue weighted by atomic mass is 9.98. The molecule has 4 rings (SSSR count). The number of aryl methyl sites for hydroxylation is 2. The molecule has 0 saturated heterocycles. The smallest absolute Gasteiger partial charge is 0.503 e. The van der Waals surface area contributed by atoms with Gasteiger partial charge < -0.3 is 14.6 Å². The monoisotopic (exact) mass is 458 g/mol. The van der Waals surface area contributed by atoms with Gasteiger partial charge in [0.25, 0.3) is 0 Å². The van der Waals surface area contributed by atoms with E-state index in [0.717, 1.165) is 50.8 Å². The SMILES string of the molecule is Cc1[nH]c(C(=O)/C=C(\OB(F)F)c2[nH]c(C)c(C)c2-c2ccccc2)c(-c2ccccc2)c1C. The molecule has 2 aromatic carbocycles. The molecule has 0 aliphatic heterocycles. The molecule has 0 unspecified atom stereocenters. The summed E-state index contributed by atoms with van der Waals surface area (Å²) in [6.45, 7) is 7.57. The standard InChI is InChI=1S/C27H25BF2N2O2/c1-16-18(3)31-26(24(16)20-11-7-5-8-12-20)22(33)15-23(34-28(29)30)27-25(17(2)19(4)32-27)21-13-9-6-10-14-21/h5-15,31-32H,1-4H3/b23-15-. The molecule has 0 saturated carbocycles.